The first-order valence-electron chi connectivity index (χ1n) is 9.62. The van der Waals surface area contributed by atoms with Crippen LogP contribution in [0.5, 0.6) is 0 Å². The van der Waals surface area contributed by atoms with Crippen molar-refractivity contribution in [1.29, 1.82) is 0 Å². The maximum absolute atomic E-state index is 13.0. The van der Waals surface area contributed by atoms with Gasteiger partial charge in [-0.15, -0.1) is 0 Å². The molecule has 2 aromatic rings. The predicted molar refractivity (Wildman–Crippen MR) is 113 cm³/mol. The van der Waals surface area contributed by atoms with Gasteiger partial charge in [-0.2, -0.15) is 0 Å². The zero-order valence-electron chi connectivity index (χ0n) is 17.5. The molecule has 0 radical (unpaired) electrons. The number of anilines is 1. The van der Waals surface area contributed by atoms with E-state index in [9.17, 15) is 14.4 Å². The highest BCUT2D eigenvalue weighted by Crippen LogP contribution is 2.31. The number of aryl methyl sites for hydroxylation is 1. The minimum Gasteiger partial charge on any atom is -0.325 e. The number of hydrogen-bond donors (Lipinski definition) is 2. The first-order valence-corrected chi connectivity index (χ1v) is 9.62. The second-order valence-corrected chi connectivity index (χ2v) is 8.69. The van der Waals surface area contributed by atoms with Gasteiger partial charge in [0, 0.05) is 5.69 Å². The van der Waals surface area contributed by atoms with Crippen LogP contribution in [0.3, 0.4) is 0 Å². The van der Waals surface area contributed by atoms with Crippen LogP contribution in [0.2, 0.25) is 0 Å². The van der Waals surface area contributed by atoms with Gasteiger partial charge in [-0.05, 0) is 48.1 Å². The molecule has 4 amide bonds. The summed E-state index contributed by atoms with van der Waals surface area (Å²) in [5.74, 6) is -0.864. The fourth-order valence-corrected chi connectivity index (χ4v) is 3.41. The molecule has 0 bridgehead atoms. The average Bonchev–Trinajstić information content (AvgIpc) is 2.85. The molecule has 0 saturated carbocycles. The number of amides is 4. The molecule has 1 fully saturated rings. The Morgan fingerprint density at radius 3 is 2.34 bits per heavy atom. The summed E-state index contributed by atoms with van der Waals surface area (Å²) >= 11 is 0. The number of rotatable bonds is 4. The fraction of sp³-hybridized carbons (Fsp3) is 0.348. The fourth-order valence-electron chi connectivity index (χ4n) is 3.41. The maximum Gasteiger partial charge on any atom is 0.325 e. The first-order chi connectivity index (χ1) is 13.5. The lowest BCUT2D eigenvalue weighted by Crippen LogP contribution is -2.42. The molecule has 0 aromatic heterocycles. The molecule has 2 aromatic carbocycles. The van der Waals surface area contributed by atoms with Crippen LogP contribution in [0.25, 0.3) is 0 Å². The Morgan fingerprint density at radius 1 is 1.10 bits per heavy atom. The second-order valence-electron chi connectivity index (χ2n) is 8.69. The van der Waals surface area contributed by atoms with Gasteiger partial charge in [-0.25, -0.2) is 4.79 Å². The highest BCUT2D eigenvalue weighted by Gasteiger charge is 2.49. The third kappa shape index (κ3) is 4.16. The molecule has 0 spiro atoms. The number of urea groups is 1. The van der Waals surface area contributed by atoms with E-state index < -0.39 is 23.4 Å². The van der Waals surface area contributed by atoms with Crippen molar-refractivity contribution in [3.63, 3.8) is 0 Å². The van der Waals surface area contributed by atoms with E-state index in [1.807, 2.05) is 49.4 Å². The molecule has 1 atom stereocenters. The summed E-state index contributed by atoms with van der Waals surface area (Å²) in [7, 11) is 0. The lowest BCUT2D eigenvalue weighted by molar-refractivity contribution is -0.133. The minimum atomic E-state index is -1.20. The van der Waals surface area contributed by atoms with Crippen molar-refractivity contribution in [1.82, 2.24) is 10.2 Å². The van der Waals surface area contributed by atoms with E-state index in [0.29, 0.717) is 11.3 Å². The van der Waals surface area contributed by atoms with Crippen LogP contribution in [0.1, 0.15) is 44.4 Å². The lowest BCUT2D eigenvalue weighted by Gasteiger charge is -2.24. The summed E-state index contributed by atoms with van der Waals surface area (Å²) in [5, 5.41) is 5.47. The first kappa shape index (κ1) is 20.6. The highest BCUT2D eigenvalue weighted by molar-refractivity contribution is 6.10. The molecule has 1 heterocycles. The molecule has 6 heteroatoms. The zero-order chi connectivity index (χ0) is 21.4. The molecule has 0 aliphatic carbocycles. The summed E-state index contributed by atoms with van der Waals surface area (Å²) in [6.07, 6.45) is 0. The van der Waals surface area contributed by atoms with Crippen molar-refractivity contribution >= 4 is 23.5 Å². The van der Waals surface area contributed by atoms with E-state index in [4.69, 9.17) is 0 Å². The van der Waals surface area contributed by atoms with Gasteiger partial charge in [0.1, 0.15) is 12.1 Å². The molecule has 29 heavy (non-hydrogen) atoms. The van der Waals surface area contributed by atoms with Crippen LogP contribution in [0.4, 0.5) is 10.5 Å². The number of hydrogen-bond acceptors (Lipinski definition) is 3. The van der Waals surface area contributed by atoms with Crippen molar-refractivity contribution < 1.29 is 14.4 Å². The number of imide groups is 1. The molecule has 2 N–H and O–H groups in total. The van der Waals surface area contributed by atoms with Gasteiger partial charge in [-0.3, -0.25) is 14.5 Å². The van der Waals surface area contributed by atoms with Crippen LogP contribution in [0, 0.1) is 6.92 Å². The van der Waals surface area contributed by atoms with Gasteiger partial charge >= 0.3 is 6.03 Å². The van der Waals surface area contributed by atoms with Crippen LogP contribution < -0.4 is 10.6 Å². The predicted octanol–water partition coefficient (Wildman–Crippen LogP) is 3.70. The summed E-state index contributed by atoms with van der Waals surface area (Å²) in [6, 6.07) is 14.4. The quantitative estimate of drug-likeness (QED) is 0.778. The van der Waals surface area contributed by atoms with Crippen molar-refractivity contribution in [2.45, 2.75) is 45.6 Å². The monoisotopic (exact) mass is 393 g/mol. The van der Waals surface area contributed by atoms with E-state index in [1.54, 1.807) is 13.0 Å². The molecule has 1 aliphatic rings. The van der Waals surface area contributed by atoms with Gasteiger partial charge in [0.15, 0.2) is 0 Å². The standard InChI is InChI=1S/C23H27N3O3/c1-15-7-6-8-18(13-15)24-19(27)14-26-20(28)23(5,25-21(26)29)17-11-9-16(10-12-17)22(2,3)4/h6-13H,14H2,1-5H3,(H,24,27)(H,25,29)/t23-/m0/s1. The molecule has 6 nitrogen and oxygen atoms in total. The van der Waals surface area contributed by atoms with E-state index in [1.165, 1.54) is 0 Å². The molecule has 1 aliphatic heterocycles. The summed E-state index contributed by atoms with van der Waals surface area (Å²) in [6.45, 7) is 9.58. The average molecular weight is 393 g/mol. The topological polar surface area (TPSA) is 78.5 Å². The highest BCUT2D eigenvalue weighted by atomic mass is 16.2. The Morgan fingerprint density at radius 2 is 1.76 bits per heavy atom. The maximum atomic E-state index is 13.0. The number of benzene rings is 2. The molecule has 1 saturated heterocycles. The van der Waals surface area contributed by atoms with Crippen molar-refractivity contribution in [2.24, 2.45) is 0 Å². The van der Waals surface area contributed by atoms with Crippen molar-refractivity contribution in [2.75, 3.05) is 11.9 Å². The van der Waals surface area contributed by atoms with Crippen LogP contribution in [0.15, 0.2) is 48.5 Å². The summed E-state index contributed by atoms with van der Waals surface area (Å²) in [4.78, 5) is 38.8. The number of carbonyl (C=O) groups excluding carboxylic acids is 3. The smallest absolute Gasteiger partial charge is 0.325 e. The van der Waals surface area contributed by atoms with Gasteiger partial charge in [-0.1, -0.05) is 57.2 Å². The van der Waals surface area contributed by atoms with Crippen LogP contribution in [-0.4, -0.2) is 29.3 Å². The Kier molecular flexibility index (Phi) is 5.22. The molecule has 152 valence electrons. The molecular weight excluding hydrogens is 366 g/mol. The van der Waals surface area contributed by atoms with Crippen LogP contribution in [-0.2, 0) is 20.5 Å². The Labute approximate surface area is 171 Å². The van der Waals surface area contributed by atoms with E-state index >= 15 is 0 Å². The van der Waals surface area contributed by atoms with Crippen molar-refractivity contribution in [3.05, 3.63) is 65.2 Å². The van der Waals surface area contributed by atoms with E-state index in [0.717, 1.165) is 16.0 Å². The van der Waals surface area contributed by atoms with Gasteiger partial charge in [0.05, 0.1) is 0 Å². The Balaban J connectivity index is 1.75. The SMILES string of the molecule is Cc1cccc(NC(=O)CN2C(=O)N[C@@](C)(c3ccc(C(C)(C)C)cc3)C2=O)c1. The normalized spacial score (nSPS) is 19.3. The Bertz CT molecular complexity index is 960. The molecular formula is C23H27N3O3. The summed E-state index contributed by atoms with van der Waals surface area (Å²) in [5.41, 5.74) is 2.24. The van der Waals surface area contributed by atoms with E-state index in [-0.39, 0.29) is 12.0 Å². The second kappa shape index (κ2) is 7.35. The number of carbonyl (C=O) groups is 3. The van der Waals surface area contributed by atoms with Gasteiger partial charge in [0.2, 0.25) is 5.91 Å². The largest absolute Gasteiger partial charge is 0.325 e. The third-order valence-electron chi connectivity index (χ3n) is 5.21. The van der Waals surface area contributed by atoms with Crippen molar-refractivity contribution in [3.8, 4) is 0 Å². The third-order valence-corrected chi connectivity index (χ3v) is 5.21. The zero-order valence-corrected chi connectivity index (χ0v) is 17.5. The molecule has 0 unspecified atom stereocenters. The van der Waals surface area contributed by atoms with Gasteiger partial charge in [0.25, 0.3) is 5.91 Å². The minimum absolute atomic E-state index is 0.0116. The van der Waals surface area contributed by atoms with Crippen LogP contribution >= 0.6 is 0 Å². The van der Waals surface area contributed by atoms with Gasteiger partial charge < -0.3 is 10.6 Å². The number of nitrogens with zero attached hydrogens (tertiary/aromatic N) is 1. The number of nitrogens with one attached hydrogen (secondary N) is 2. The molecule has 3 rings (SSSR count). The Hall–Kier alpha value is -3.15. The lowest BCUT2D eigenvalue weighted by atomic mass is 9.84. The van der Waals surface area contributed by atoms with E-state index in [2.05, 4.69) is 31.4 Å². The summed E-state index contributed by atoms with van der Waals surface area (Å²) < 4.78 is 0.